The predicted molar refractivity (Wildman–Crippen MR) is 72.4 cm³/mol. The maximum Gasteiger partial charge on any atom is 0.323 e. The summed E-state index contributed by atoms with van der Waals surface area (Å²) in [5.74, 6) is 0.199. The van der Waals surface area contributed by atoms with Crippen molar-refractivity contribution in [2.75, 3.05) is 38.6 Å². The molecule has 0 amide bonds. The normalized spacial score (nSPS) is 17.4. The fraction of sp³-hybridized carbons (Fsp3) is 0.615. The zero-order valence-corrected chi connectivity index (χ0v) is 11.4. The van der Waals surface area contributed by atoms with Crippen LogP contribution in [0.3, 0.4) is 0 Å². The molecule has 1 aromatic rings. The number of likely N-dealkylation sites (tertiary alicyclic amines) is 1. The highest BCUT2D eigenvalue weighted by molar-refractivity contribution is 5.72. The first kappa shape index (κ1) is 13.7. The van der Waals surface area contributed by atoms with Crippen LogP contribution in [0, 0.1) is 0 Å². The summed E-state index contributed by atoms with van der Waals surface area (Å²) in [7, 11) is 3.83. The van der Waals surface area contributed by atoms with Crippen molar-refractivity contribution in [1.29, 1.82) is 0 Å². The van der Waals surface area contributed by atoms with E-state index in [9.17, 15) is 4.79 Å². The number of anilines is 1. The first-order chi connectivity index (χ1) is 9.06. The standard InChI is InChI=1S/C13H20N4O2/c1-16-7-5-10(6-8-16)11-3-4-12(15-14-11)17(2)9-13(18)19/h3-4,10H,5-9H2,1-2H3,(H,18,19). The highest BCUT2D eigenvalue weighted by Gasteiger charge is 2.20. The third-order valence-corrected chi connectivity index (χ3v) is 3.57. The minimum absolute atomic E-state index is 0.0672. The molecule has 0 radical (unpaired) electrons. The van der Waals surface area contributed by atoms with Crippen molar-refractivity contribution in [3.05, 3.63) is 17.8 Å². The molecule has 1 aliphatic heterocycles. The van der Waals surface area contributed by atoms with Gasteiger partial charge < -0.3 is 14.9 Å². The first-order valence-electron chi connectivity index (χ1n) is 6.51. The van der Waals surface area contributed by atoms with Crippen LogP contribution in [-0.2, 0) is 4.79 Å². The Labute approximate surface area is 113 Å². The quantitative estimate of drug-likeness (QED) is 0.867. The number of hydrogen-bond donors (Lipinski definition) is 1. The number of likely N-dealkylation sites (N-methyl/N-ethyl adjacent to an activating group) is 1. The van der Waals surface area contributed by atoms with Gasteiger partial charge >= 0.3 is 5.97 Å². The first-order valence-corrected chi connectivity index (χ1v) is 6.51. The molecule has 0 atom stereocenters. The number of carboxylic acids is 1. The number of piperidine rings is 1. The van der Waals surface area contributed by atoms with E-state index in [4.69, 9.17) is 5.11 Å². The maximum absolute atomic E-state index is 10.6. The summed E-state index contributed by atoms with van der Waals surface area (Å²) in [6.45, 7) is 2.11. The Morgan fingerprint density at radius 3 is 2.63 bits per heavy atom. The monoisotopic (exact) mass is 264 g/mol. The van der Waals surface area contributed by atoms with Crippen molar-refractivity contribution in [3.63, 3.8) is 0 Å². The van der Waals surface area contributed by atoms with Crippen molar-refractivity contribution >= 4 is 11.8 Å². The van der Waals surface area contributed by atoms with Crippen molar-refractivity contribution in [1.82, 2.24) is 15.1 Å². The Morgan fingerprint density at radius 2 is 2.11 bits per heavy atom. The molecule has 0 spiro atoms. The van der Waals surface area contributed by atoms with Gasteiger partial charge in [-0.25, -0.2) is 0 Å². The molecule has 6 nitrogen and oxygen atoms in total. The Bertz CT molecular complexity index is 427. The van der Waals surface area contributed by atoms with E-state index in [1.165, 1.54) is 0 Å². The SMILES string of the molecule is CN1CCC(c2ccc(N(C)CC(=O)O)nn2)CC1. The predicted octanol–water partition coefficient (Wildman–Crippen LogP) is 0.807. The van der Waals surface area contributed by atoms with Crippen molar-refractivity contribution in [2.24, 2.45) is 0 Å². The molecule has 1 fully saturated rings. The van der Waals surface area contributed by atoms with Gasteiger partial charge in [0, 0.05) is 13.0 Å². The average molecular weight is 264 g/mol. The fourth-order valence-electron chi connectivity index (χ4n) is 2.35. The van der Waals surface area contributed by atoms with Crippen LogP contribution in [0.4, 0.5) is 5.82 Å². The van der Waals surface area contributed by atoms with Crippen LogP contribution in [0.1, 0.15) is 24.5 Å². The van der Waals surface area contributed by atoms with Crippen molar-refractivity contribution in [2.45, 2.75) is 18.8 Å². The molecule has 0 aliphatic carbocycles. The fourth-order valence-corrected chi connectivity index (χ4v) is 2.35. The van der Waals surface area contributed by atoms with E-state index in [0.717, 1.165) is 31.6 Å². The second kappa shape index (κ2) is 5.97. The number of hydrogen-bond acceptors (Lipinski definition) is 5. The smallest absolute Gasteiger partial charge is 0.323 e. The number of nitrogens with zero attached hydrogens (tertiary/aromatic N) is 4. The van der Waals surface area contributed by atoms with Crippen LogP contribution in [0.15, 0.2) is 12.1 Å². The van der Waals surface area contributed by atoms with E-state index in [1.54, 1.807) is 11.9 Å². The van der Waals surface area contributed by atoms with E-state index in [-0.39, 0.29) is 6.54 Å². The number of carboxylic acid groups (broad SMARTS) is 1. The summed E-state index contributed by atoms with van der Waals surface area (Å²) >= 11 is 0. The Hall–Kier alpha value is -1.69. The van der Waals surface area contributed by atoms with Gasteiger partial charge in [-0.3, -0.25) is 4.79 Å². The van der Waals surface area contributed by atoms with E-state index in [2.05, 4.69) is 22.1 Å². The largest absolute Gasteiger partial charge is 0.480 e. The molecular weight excluding hydrogens is 244 g/mol. The van der Waals surface area contributed by atoms with Crippen molar-refractivity contribution < 1.29 is 9.90 Å². The lowest BCUT2D eigenvalue weighted by Crippen LogP contribution is -2.30. The third kappa shape index (κ3) is 3.64. The van der Waals surface area contributed by atoms with Crippen LogP contribution in [0.5, 0.6) is 0 Å². The number of aromatic nitrogens is 2. The van der Waals surface area contributed by atoms with Gasteiger partial charge in [-0.2, -0.15) is 5.10 Å². The minimum Gasteiger partial charge on any atom is -0.480 e. The summed E-state index contributed by atoms with van der Waals surface area (Å²) in [5, 5.41) is 17.1. The summed E-state index contributed by atoms with van der Waals surface area (Å²) in [4.78, 5) is 14.5. The Morgan fingerprint density at radius 1 is 1.42 bits per heavy atom. The second-order valence-electron chi connectivity index (χ2n) is 5.14. The van der Waals surface area contributed by atoms with Crippen LogP contribution in [0.2, 0.25) is 0 Å². The molecule has 1 aromatic heterocycles. The van der Waals surface area contributed by atoms with Gasteiger partial charge in [-0.1, -0.05) is 0 Å². The minimum atomic E-state index is -0.872. The van der Waals surface area contributed by atoms with Gasteiger partial charge in [-0.05, 0) is 45.1 Å². The molecule has 19 heavy (non-hydrogen) atoms. The van der Waals surface area contributed by atoms with Gasteiger partial charge in [-0.15, -0.1) is 5.10 Å². The van der Waals surface area contributed by atoms with Gasteiger partial charge in [0.15, 0.2) is 5.82 Å². The van der Waals surface area contributed by atoms with Crippen LogP contribution < -0.4 is 4.90 Å². The molecule has 1 saturated heterocycles. The Balaban J connectivity index is 2.00. The molecule has 0 saturated carbocycles. The van der Waals surface area contributed by atoms with Crippen molar-refractivity contribution in [3.8, 4) is 0 Å². The highest BCUT2D eigenvalue weighted by atomic mass is 16.4. The van der Waals surface area contributed by atoms with E-state index in [1.807, 2.05) is 12.1 Å². The topological polar surface area (TPSA) is 69.6 Å². The molecule has 0 aromatic carbocycles. The lowest BCUT2D eigenvalue weighted by atomic mass is 9.94. The molecule has 2 rings (SSSR count). The molecule has 0 bridgehead atoms. The molecule has 1 N–H and O–H groups in total. The second-order valence-corrected chi connectivity index (χ2v) is 5.14. The van der Waals surface area contributed by atoms with Gasteiger partial charge in [0.1, 0.15) is 6.54 Å². The summed E-state index contributed by atoms with van der Waals surface area (Å²) < 4.78 is 0. The van der Waals surface area contributed by atoms with E-state index >= 15 is 0 Å². The number of carbonyl (C=O) groups is 1. The summed E-state index contributed by atoms with van der Waals surface area (Å²) in [5.41, 5.74) is 1.01. The van der Waals surface area contributed by atoms with Crippen LogP contribution >= 0.6 is 0 Å². The van der Waals surface area contributed by atoms with Gasteiger partial charge in [0.25, 0.3) is 0 Å². The molecule has 104 valence electrons. The zero-order chi connectivity index (χ0) is 13.8. The zero-order valence-electron chi connectivity index (χ0n) is 11.4. The van der Waals surface area contributed by atoms with Crippen LogP contribution in [0.25, 0.3) is 0 Å². The van der Waals surface area contributed by atoms with E-state index in [0.29, 0.717) is 11.7 Å². The molecule has 1 aliphatic rings. The maximum atomic E-state index is 10.6. The lowest BCUT2D eigenvalue weighted by molar-refractivity contribution is -0.135. The van der Waals surface area contributed by atoms with Crippen LogP contribution in [-0.4, -0.2) is 59.9 Å². The number of rotatable bonds is 4. The summed E-state index contributed by atoms with van der Waals surface area (Å²) in [6, 6.07) is 3.82. The molecular formula is C13H20N4O2. The summed E-state index contributed by atoms with van der Waals surface area (Å²) in [6.07, 6.45) is 2.21. The molecule has 0 unspecified atom stereocenters. The average Bonchev–Trinajstić information content (AvgIpc) is 2.39. The van der Waals surface area contributed by atoms with E-state index < -0.39 is 5.97 Å². The molecule has 6 heteroatoms. The van der Waals surface area contributed by atoms with Gasteiger partial charge in [0.05, 0.1) is 5.69 Å². The lowest BCUT2D eigenvalue weighted by Gasteiger charge is -2.28. The van der Waals surface area contributed by atoms with Gasteiger partial charge in [0.2, 0.25) is 0 Å². The Kier molecular flexibility index (Phi) is 4.31. The molecule has 2 heterocycles. The number of aliphatic carboxylic acids is 1. The highest BCUT2D eigenvalue weighted by Crippen LogP contribution is 2.26. The third-order valence-electron chi connectivity index (χ3n) is 3.57.